The molecule has 3 rings (SSSR count). The molecule has 1 N–H and O–H groups in total. The molecule has 0 saturated carbocycles. The molecular formula is C19H25N3O2. The minimum atomic E-state index is -0.0200. The van der Waals surface area contributed by atoms with Crippen LogP contribution in [0.2, 0.25) is 0 Å². The van der Waals surface area contributed by atoms with Gasteiger partial charge in [-0.1, -0.05) is 12.1 Å². The largest absolute Gasteiger partial charge is 0.378 e. The minimum Gasteiger partial charge on any atom is -0.378 e. The van der Waals surface area contributed by atoms with Crippen LogP contribution < -0.4 is 5.32 Å². The molecule has 0 unspecified atom stereocenters. The lowest BCUT2D eigenvalue weighted by atomic mass is 10.1. The van der Waals surface area contributed by atoms with Gasteiger partial charge in [0.1, 0.15) is 0 Å². The molecule has 5 heteroatoms. The predicted octanol–water partition coefficient (Wildman–Crippen LogP) is 3.24. The van der Waals surface area contributed by atoms with Crippen LogP contribution in [0, 0.1) is 13.8 Å². The lowest BCUT2D eigenvalue weighted by Crippen LogP contribution is -2.29. The van der Waals surface area contributed by atoms with Gasteiger partial charge in [0.05, 0.1) is 29.9 Å². The number of amides is 1. The van der Waals surface area contributed by atoms with E-state index in [0.29, 0.717) is 6.42 Å². The number of nitrogens with zero attached hydrogens (tertiary/aromatic N) is 2. The number of benzene rings is 1. The van der Waals surface area contributed by atoms with E-state index < -0.39 is 0 Å². The molecule has 0 aliphatic carbocycles. The van der Waals surface area contributed by atoms with Gasteiger partial charge in [-0.05, 0) is 57.4 Å². The Balaban J connectivity index is 1.62. The fourth-order valence-corrected chi connectivity index (χ4v) is 3.19. The highest BCUT2D eigenvalue weighted by molar-refractivity contribution is 5.77. The van der Waals surface area contributed by atoms with E-state index in [1.54, 1.807) is 0 Å². The van der Waals surface area contributed by atoms with Gasteiger partial charge in [-0.2, -0.15) is 5.10 Å². The van der Waals surface area contributed by atoms with Gasteiger partial charge in [0, 0.05) is 12.3 Å². The molecule has 1 aromatic heterocycles. The Hall–Kier alpha value is -2.14. The summed E-state index contributed by atoms with van der Waals surface area (Å²) in [5.74, 6) is 0.0528. The van der Waals surface area contributed by atoms with E-state index in [2.05, 4.69) is 16.5 Å². The van der Waals surface area contributed by atoms with Crippen molar-refractivity contribution in [2.45, 2.75) is 52.2 Å². The number of rotatable bonds is 5. The topological polar surface area (TPSA) is 56.2 Å². The highest BCUT2D eigenvalue weighted by Crippen LogP contribution is 2.19. The average Bonchev–Trinajstić information content (AvgIpc) is 3.16. The van der Waals surface area contributed by atoms with Crippen LogP contribution in [0.25, 0.3) is 5.69 Å². The van der Waals surface area contributed by atoms with Crippen LogP contribution in [0.4, 0.5) is 0 Å². The third kappa shape index (κ3) is 3.85. The first-order valence-electron chi connectivity index (χ1n) is 8.57. The van der Waals surface area contributed by atoms with Crippen molar-refractivity contribution in [1.82, 2.24) is 15.1 Å². The van der Waals surface area contributed by atoms with E-state index in [-0.39, 0.29) is 18.1 Å². The molecular weight excluding hydrogens is 302 g/mol. The lowest BCUT2D eigenvalue weighted by Gasteiger charge is -2.16. The SMILES string of the molecule is Cc1cc(C)n(-c2ccc([C@H](C)NC(=O)C[C@@H]3CCCO3)cc2)n1. The van der Waals surface area contributed by atoms with Crippen LogP contribution in [0.3, 0.4) is 0 Å². The van der Waals surface area contributed by atoms with Crippen molar-refractivity contribution in [3.63, 3.8) is 0 Å². The summed E-state index contributed by atoms with van der Waals surface area (Å²) in [5, 5.41) is 7.55. The van der Waals surface area contributed by atoms with E-state index in [0.717, 1.165) is 42.1 Å². The average molecular weight is 327 g/mol. The second-order valence-corrected chi connectivity index (χ2v) is 6.56. The molecule has 2 aromatic rings. The Morgan fingerprint density at radius 3 is 2.71 bits per heavy atom. The first kappa shape index (κ1) is 16.7. The number of nitrogens with one attached hydrogen (secondary N) is 1. The van der Waals surface area contributed by atoms with E-state index in [9.17, 15) is 4.79 Å². The normalized spacial score (nSPS) is 18.5. The summed E-state index contributed by atoms with van der Waals surface area (Å²) in [6.45, 7) is 6.82. The third-order valence-corrected chi connectivity index (χ3v) is 4.46. The molecule has 0 bridgehead atoms. The van der Waals surface area contributed by atoms with Gasteiger partial charge in [-0.3, -0.25) is 4.79 Å². The Kier molecular flexibility index (Phi) is 5.00. The molecule has 1 aliphatic heterocycles. The molecule has 5 nitrogen and oxygen atoms in total. The molecule has 128 valence electrons. The van der Waals surface area contributed by atoms with Gasteiger partial charge in [-0.25, -0.2) is 4.68 Å². The first-order chi connectivity index (χ1) is 11.5. The fourth-order valence-electron chi connectivity index (χ4n) is 3.19. The van der Waals surface area contributed by atoms with Gasteiger partial charge in [-0.15, -0.1) is 0 Å². The number of carbonyl (C=O) groups is 1. The van der Waals surface area contributed by atoms with Gasteiger partial charge in [0.15, 0.2) is 0 Å². The van der Waals surface area contributed by atoms with Gasteiger partial charge in [0.25, 0.3) is 0 Å². The summed E-state index contributed by atoms with van der Waals surface area (Å²) in [6, 6.07) is 10.2. The molecule has 0 radical (unpaired) electrons. The maximum atomic E-state index is 12.1. The number of ether oxygens (including phenoxy) is 1. The van der Waals surface area contributed by atoms with Crippen molar-refractivity contribution in [1.29, 1.82) is 0 Å². The number of hydrogen-bond acceptors (Lipinski definition) is 3. The van der Waals surface area contributed by atoms with Crippen molar-refractivity contribution in [3.8, 4) is 5.69 Å². The Morgan fingerprint density at radius 2 is 2.12 bits per heavy atom. The molecule has 2 atom stereocenters. The summed E-state index contributed by atoms with van der Waals surface area (Å²) < 4.78 is 7.45. The van der Waals surface area contributed by atoms with Crippen LogP contribution in [-0.4, -0.2) is 28.4 Å². The molecule has 1 aliphatic rings. The molecule has 1 saturated heterocycles. The maximum Gasteiger partial charge on any atom is 0.223 e. The molecule has 1 aromatic carbocycles. The van der Waals surface area contributed by atoms with Crippen LogP contribution >= 0.6 is 0 Å². The Labute approximate surface area is 143 Å². The predicted molar refractivity (Wildman–Crippen MR) is 93.2 cm³/mol. The number of aromatic nitrogens is 2. The van der Waals surface area contributed by atoms with Crippen LogP contribution in [0.1, 0.15) is 49.2 Å². The maximum absolute atomic E-state index is 12.1. The number of carbonyl (C=O) groups excluding carboxylic acids is 1. The summed E-state index contributed by atoms with van der Waals surface area (Å²) in [5.41, 5.74) is 4.23. The Bertz CT molecular complexity index is 700. The molecule has 1 amide bonds. The fraction of sp³-hybridized carbons (Fsp3) is 0.474. The van der Waals surface area contributed by atoms with Gasteiger partial charge < -0.3 is 10.1 Å². The standard InChI is InChI=1S/C19H25N3O2/c1-13-11-14(2)22(21-13)17-8-6-16(7-9-17)15(3)20-19(23)12-18-5-4-10-24-18/h6-9,11,15,18H,4-5,10,12H2,1-3H3,(H,20,23)/t15-,18-/m0/s1. The quantitative estimate of drug-likeness (QED) is 0.917. The zero-order valence-corrected chi connectivity index (χ0v) is 14.6. The van der Waals surface area contributed by atoms with Crippen molar-refractivity contribution in [2.75, 3.05) is 6.61 Å². The monoisotopic (exact) mass is 327 g/mol. The number of aryl methyl sites for hydroxylation is 2. The van der Waals surface area contributed by atoms with E-state index in [4.69, 9.17) is 4.74 Å². The summed E-state index contributed by atoms with van der Waals surface area (Å²) in [7, 11) is 0. The highest BCUT2D eigenvalue weighted by Gasteiger charge is 2.20. The second kappa shape index (κ2) is 7.18. The lowest BCUT2D eigenvalue weighted by molar-refractivity contribution is -0.123. The third-order valence-electron chi connectivity index (χ3n) is 4.46. The zero-order valence-electron chi connectivity index (χ0n) is 14.6. The van der Waals surface area contributed by atoms with Gasteiger partial charge in [0.2, 0.25) is 5.91 Å². The Morgan fingerprint density at radius 1 is 1.38 bits per heavy atom. The molecule has 24 heavy (non-hydrogen) atoms. The molecule has 1 fully saturated rings. The highest BCUT2D eigenvalue weighted by atomic mass is 16.5. The summed E-state index contributed by atoms with van der Waals surface area (Å²) >= 11 is 0. The van der Waals surface area contributed by atoms with Crippen molar-refractivity contribution in [2.24, 2.45) is 0 Å². The van der Waals surface area contributed by atoms with Crippen molar-refractivity contribution < 1.29 is 9.53 Å². The van der Waals surface area contributed by atoms with Crippen molar-refractivity contribution in [3.05, 3.63) is 47.3 Å². The smallest absolute Gasteiger partial charge is 0.223 e. The molecule has 2 heterocycles. The van der Waals surface area contributed by atoms with Crippen LogP contribution in [0.15, 0.2) is 30.3 Å². The van der Waals surface area contributed by atoms with E-state index >= 15 is 0 Å². The molecule has 0 spiro atoms. The van der Waals surface area contributed by atoms with Gasteiger partial charge >= 0.3 is 0 Å². The minimum absolute atomic E-state index is 0.0200. The zero-order chi connectivity index (χ0) is 17.1. The summed E-state index contributed by atoms with van der Waals surface area (Å²) in [6.07, 6.45) is 2.58. The number of hydrogen-bond donors (Lipinski definition) is 1. The van der Waals surface area contributed by atoms with Crippen LogP contribution in [-0.2, 0) is 9.53 Å². The van der Waals surface area contributed by atoms with E-state index in [1.165, 1.54) is 0 Å². The van der Waals surface area contributed by atoms with Crippen molar-refractivity contribution >= 4 is 5.91 Å². The first-order valence-corrected chi connectivity index (χ1v) is 8.57. The summed E-state index contributed by atoms with van der Waals surface area (Å²) in [4.78, 5) is 12.1. The second-order valence-electron chi connectivity index (χ2n) is 6.56. The van der Waals surface area contributed by atoms with E-state index in [1.807, 2.05) is 49.7 Å². The van der Waals surface area contributed by atoms with Crippen LogP contribution in [0.5, 0.6) is 0 Å².